The van der Waals surface area contributed by atoms with E-state index in [9.17, 15) is 9.59 Å². The molecule has 1 aromatic carbocycles. The van der Waals surface area contributed by atoms with Crippen LogP contribution < -0.4 is 15.8 Å². The maximum atomic E-state index is 11.8. The molecule has 6 heteroatoms. The summed E-state index contributed by atoms with van der Waals surface area (Å²) in [5, 5.41) is 2.15. The number of nitrogens with two attached hydrogens (primary N) is 1. The maximum absolute atomic E-state index is 11.8. The zero-order chi connectivity index (χ0) is 16.8. The Morgan fingerprint density at radius 2 is 1.91 bits per heavy atom. The second-order valence-corrected chi connectivity index (χ2v) is 6.06. The van der Waals surface area contributed by atoms with Gasteiger partial charge in [-0.2, -0.15) is 0 Å². The number of methoxy groups -OCH3 is 1. The smallest absolute Gasteiger partial charge is 0.318 e. The molecule has 0 aromatic heterocycles. The predicted octanol–water partition coefficient (Wildman–Crippen LogP) is 1.53. The van der Waals surface area contributed by atoms with E-state index >= 15 is 0 Å². The van der Waals surface area contributed by atoms with Crippen molar-refractivity contribution in [2.75, 3.05) is 20.2 Å². The molecule has 1 aliphatic rings. The number of rotatable bonds is 5. The van der Waals surface area contributed by atoms with Crippen molar-refractivity contribution >= 4 is 11.9 Å². The molecular formula is C17H25N3O3. The van der Waals surface area contributed by atoms with Crippen LogP contribution in [0, 0.1) is 5.92 Å². The largest absolute Gasteiger partial charge is 0.497 e. The van der Waals surface area contributed by atoms with Crippen LogP contribution in [0.5, 0.6) is 5.75 Å². The van der Waals surface area contributed by atoms with Crippen LogP contribution in [0.1, 0.15) is 25.3 Å². The Bertz CT molecular complexity index is 537. The molecule has 1 fully saturated rings. The topological polar surface area (TPSA) is 84.7 Å². The van der Waals surface area contributed by atoms with Crippen LogP contribution in [-0.4, -0.2) is 43.1 Å². The zero-order valence-corrected chi connectivity index (χ0v) is 13.7. The second-order valence-electron chi connectivity index (χ2n) is 6.06. The minimum Gasteiger partial charge on any atom is -0.497 e. The van der Waals surface area contributed by atoms with Crippen molar-refractivity contribution in [1.29, 1.82) is 0 Å². The zero-order valence-electron chi connectivity index (χ0n) is 13.7. The number of nitrogens with one attached hydrogen (secondary N) is 1. The monoisotopic (exact) mass is 319 g/mol. The first-order valence-electron chi connectivity index (χ1n) is 7.97. The van der Waals surface area contributed by atoms with E-state index in [0.717, 1.165) is 38.1 Å². The van der Waals surface area contributed by atoms with Gasteiger partial charge in [0.2, 0.25) is 5.91 Å². The van der Waals surface area contributed by atoms with Gasteiger partial charge in [0.1, 0.15) is 5.75 Å². The Kier molecular flexibility index (Phi) is 5.98. The van der Waals surface area contributed by atoms with Gasteiger partial charge in [0.25, 0.3) is 0 Å². The van der Waals surface area contributed by atoms with E-state index in [0.29, 0.717) is 5.92 Å². The van der Waals surface area contributed by atoms with Crippen LogP contribution >= 0.6 is 0 Å². The number of amides is 3. The van der Waals surface area contributed by atoms with Crippen LogP contribution in [0.2, 0.25) is 0 Å². The highest BCUT2D eigenvalue weighted by molar-refractivity contribution is 5.96. The van der Waals surface area contributed by atoms with E-state index in [4.69, 9.17) is 10.5 Å². The number of imide groups is 1. The van der Waals surface area contributed by atoms with Crippen molar-refractivity contribution in [2.45, 2.75) is 32.2 Å². The summed E-state index contributed by atoms with van der Waals surface area (Å²) in [6.07, 6.45) is 3.13. The van der Waals surface area contributed by atoms with Gasteiger partial charge in [0.05, 0.1) is 13.2 Å². The molecule has 1 atom stereocenters. The highest BCUT2D eigenvalue weighted by Gasteiger charge is 2.27. The number of hydrogen-bond acceptors (Lipinski definition) is 4. The lowest BCUT2D eigenvalue weighted by Gasteiger charge is -2.35. The molecule has 3 amide bonds. The van der Waals surface area contributed by atoms with Gasteiger partial charge in [-0.1, -0.05) is 12.1 Å². The van der Waals surface area contributed by atoms with Crippen LogP contribution in [0.3, 0.4) is 0 Å². The maximum Gasteiger partial charge on any atom is 0.318 e. The summed E-state index contributed by atoms with van der Waals surface area (Å²) < 4.78 is 5.17. The lowest BCUT2D eigenvalue weighted by atomic mass is 9.89. The quantitative estimate of drug-likeness (QED) is 0.862. The Hall–Kier alpha value is -2.08. The lowest BCUT2D eigenvalue weighted by molar-refractivity contribution is -0.125. The third kappa shape index (κ3) is 4.96. The number of benzene rings is 1. The van der Waals surface area contributed by atoms with Crippen LogP contribution in [0.4, 0.5) is 4.79 Å². The molecule has 0 aliphatic carbocycles. The van der Waals surface area contributed by atoms with Crippen molar-refractivity contribution in [1.82, 2.24) is 10.2 Å². The van der Waals surface area contributed by atoms with Gasteiger partial charge < -0.3 is 10.5 Å². The molecule has 126 valence electrons. The predicted molar refractivity (Wildman–Crippen MR) is 88.2 cm³/mol. The highest BCUT2D eigenvalue weighted by Crippen LogP contribution is 2.24. The van der Waals surface area contributed by atoms with Gasteiger partial charge in [0.15, 0.2) is 0 Å². The molecule has 1 aromatic rings. The molecule has 0 unspecified atom stereocenters. The van der Waals surface area contributed by atoms with E-state index in [2.05, 4.69) is 22.3 Å². The van der Waals surface area contributed by atoms with Gasteiger partial charge in [-0.25, -0.2) is 4.79 Å². The average molecular weight is 319 g/mol. The molecule has 0 radical (unpaired) electrons. The Morgan fingerprint density at radius 1 is 1.30 bits per heavy atom. The van der Waals surface area contributed by atoms with Gasteiger partial charge in [-0.15, -0.1) is 0 Å². The number of carbonyl (C=O) groups excluding carboxylic acids is 2. The standard InChI is InChI=1S/C17H25N3O3/c1-12(16(21)19-17(18)22)20-9-7-14(8-10-20)11-13-3-5-15(23-2)6-4-13/h3-6,12,14H,7-11H2,1-2H3,(H3,18,19,21,22)/t12-/m0/s1. The summed E-state index contributed by atoms with van der Waals surface area (Å²) in [6, 6.07) is 7.06. The Labute approximate surface area is 137 Å². The van der Waals surface area contributed by atoms with Gasteiger partial charge in [-0.05, 0) is 62.9 Å². The number of hydrogen-bond donors (Lipinski definition) is 2. The molecule has 6 nitrogen and oxygen atoms in total. The number of urea groups is 1. The third-order valence-corrected chi connectivity index (χ3v) is 4.51. The molecular weight excluding hydrogens is 294 g/mol. The van der Waals surface area contributed by atoms with E-state index in [1.807, 2.05) is 19.1 Å². The van der Waals surface area contributed by atoms with Gasteiger partial charge in [0, 0.05) is 0 Å². The summed E-state index contributed by atoms with van der Waals surface area (Å²) in [6.45, 7) is 3.52. The molecule has 0 saturated carbocycles. The van der Waals surface area contributed by atoms with Crippen LogP contribution in [-0.2, 0) is 11.2 Å². The van der Waals surface area contributed by atoms with Crippen molar-refractivity contribution in [2.24, 2.45) is 11.7 Å². The van der Waals surface area contributed by atoms with Crippen molar-refractivity contribution < 1.29 is 14.3 Å². The average Bonchev–Trinajstić information content (AvgIpc) is 2.55. The fraction of sp³-hybridized carbons (Fsp3) is 0.529. The summed E-state index contributed by atoms with van der Waals surface area (Å²) in [5.41, 5.74) is 6.30. The van der Waals surface area contributed by atoms with Crippen molar-refractivity contribution in [3.8, 4) is 5.75 Å². The van der Waals surface area contributed by atoms with Crippen molar-refractivity contribution in [3.05, 3.63) is 29.8 Å². The molecule has 1 heterocycles. The Balaban J connectivity index is 1.81. The number of piperidine rings is 1. The van der Waals surface area contributed by atoms with E-state index in [-0.39, 0.29) is 11.9 Å². The number of likely N-dealkylation sites (tertiary alicyclic amines) is 1. The SMILES string of the molecule is COc1ccc(CC2CCN([C@@H](C)C(=O)NC(N)=O)CC2)cc1. The number of nitrogens with zero attached hydrogens (tertiary/aromatic N) is 1. The lowest BCUT2D eigenvalue weighted by Crippen LogP contribution is -2.50. The summed E-state index contributed by atoms with van der Waals surface area (Å²) >= 11 is 0. The molecule has 0 spiro atoms. The number of ether oxygens (including phenoxy) is 1. The molecule has 2 rings (SSSR count). The minimum absolute atomic E-state index is 0.328. The normalized spacial score (nSPS) is 17.5. The molecule has 23 heavy (non-hydrogen) atoms. The Morgan fingerprint density at radius 3 is 2.43 bits per heavy atom. The fourth-order valence-electron chi connectivity index (χ4n) is 3.03. The molecule has 1 aliphatic heterocycles. The summed E-state index contributed by atoms with van der Waals surface area (Å²) in [5.74, 6) is 1.16. The second kappa shape index (κ2) is 7.97. The summed E-state index contributed by atoms with van der Waals surface area (Å²) in [7, 11) is 1.67. The van der Waals surface area contributed by atoms with E-state index < -0.39 is 6.03 Å². The van der Waals surface area contributed by atoms with E-state index in [1.165, 1.54) is 5.56 Å². The minimum atomic E-state index is -0.795. The van der Waals surface area contributed by atoms with Gasteiger partial charge in [-0.3, -0.25) is 15.0 Å². The van der Waals surface area contributed by atoms with Crippen molar-refractivity contribution in [3.63, 3.8) is 0 Å². The highest BCUT2D eigenvalue weighted by atomic mass is 16.5. The third-order valence-electron chi connectivity index (χ3n) is 4.51. The first-order valence-corrected chi connectivity index (χ1v) is 7.97. The molecule has 1 saturated heterocycles. The van der Waals surface area contributed by atoms with E-state index in [1.54, 1.807) is 7.11 Å². The fourth-order valence-corrected chi connectivity index (χ4v) is 3.03. The number of carbonyl (C=O) groups is 2. The van der Waals surface area contributed by atoms with Gasteiger partial charge >= 0.3 is 6.03 Å². The summed E-state index contributed by atoms with van der Waals surface area (Å²) in [4.78, 5) is 24.7. The molecule has 3 N–H and O–H groups in total. The first-order chi connectivity index (χ1) is 11.0. The van der Waals surface area contributed by atoms with Crippen LogP contribution in [0.15, 0.2) is 24.3 Å². The van der Waals surface area contributed by atoms with Crippen LogP contribution in [0.25, 0.3) is 0 Å². The molecule has 0 bridgehead atoms. The number of primary amides is 1. The first kappa shape index (κ1) is 17.3.